The number of hydrogen-bond acceptors (Lipinski definition) is 5. The quantitative estimate of drug-likeness (QED) is 0.672. The number of amides is 4. The van der Waals surface area contributed by atoms with Crippen molar-refractivity contribution in [3.8, 4) is 5.75 Å². The molecule has 30 heavy (non-hydrogen) atoms. The summed E-state index contributed by atoms with van der Waals surface area (Å²) in [4.78, 5) is 41.1. The number of nitrogens with one attached hydrogen (secondary N) is 1. The molecule has 4 amide bonds. The molecule has 3 aliphatic heterocycles. The number of rotatable bonds is 7. The van der Waals surface area contributed by atoms with Crippen molar-refractivity contribution in [1.29, 1.82) is 0 Å². The Balaban J connectivity index is 1.33. The van der Waals surface area contributed by atoms with Gasteiger partial charge < -0.3 is 15.0 Å². The van der Waals surface area contributed by atoms with Crippen molar-refractivity contribution in [3.63, 3.8) is 0 Å². The van der Waals surface area contributed by atoms with Crippen molar-refractivity contribution in [2.24, 2.45) is 5.92 Å². The maximum atomic E-state index is 13.0. The van der Waals surface area contributed by atoms with E-state index in [9.17, 15) is 14.4 Å². The Labute approximate surface area is 181 Å². The summed E-state index contributed by atoms with van der Waals surface area (Å²) in [5.74, 6) is 2.55. The van der Waals surface area contributed by atoms with Gasteiger partial charge in [-0.25, -0.2) is 4.79 Å². The lowest BCUT2D eigenvalue weighted by Gasteiger charge is -2.30. The summed E-state index contributed by atoms with van der Waals surface area (Å²) in [6.45, 7) is 4.16. The second kappa shape index (κ2) is 8.88. The average Bonchev–Trinajstić information content (AvgIpc) is 3.20. The van der Waals surface area contributed by atoms with Crippen LogP contribution in [0, 0.1) is 5.92 Å². The molecule has 0 saturated carbocycles. The van der Waals surface area contributed by atoms with E-state index >= 15 is 0 Å². The van der Waals surface area contributed by atoms with Crippen molar-refractivity contribution < 1.29 is 19.1 Å². The topological polar surface area (TPSA) is 79.0 Å². The summed E-state index contributed by atoms with van der Waals surface area (Å²) in [6, 6.07) is 7.51. The van der Waals surface area contributed by atoms with Crippen LogP contribution in [0.2, 0.25) is 0 Å². The molecule has 3 aliphatic rings. The zero-order chi connectivity index (χ0) is 21.1. The molecule has 0 aliphatic carbocycles. The molecule has 0 bridgehead atoms. The van der Waals surface area contributed by atoms with E-state index in [1.54, 1.807) is 0 Å². The monoisotopic (exact) mass is 431 g/mol. The van der Waals surface area contributed by atoms with Gasteiger partial charge in [-0.3, -0.25) is 14.5 Å². The fourth-order valence-electron chi connectivity index (χ4n) is 4.42. The van der Waals surface area contributed by atoms with E-state index in [0.29, 0.717) is 45.5 Å². The molecule has 1 N–H and O–H groups in total. The fourth-order valence-corrected chi connectivity index (χ4v) is 5.61. The van der Waals surface area contributed by atoms with Crippen LogP contribution in [0.1, 0.15) is 38.2 Å². The molecular weight excluding hydrogens is 402 g/mol. The Kier molecular flexibility index (Phi) is 6.22. The number of ether oxygens (including phenoxy) is 1. The fraction of sp³-hybridized carbons (Fsp3) is 0.591. The predicted molar refractivity (Wildman–Crippen MR) is 115 cm³/mol. The Morgan fingerprint density at radius 1 is 1.17 bits per heavy atom. The second-order valence-corrected chi connectivity index (χ2v) is 9.60. The molecule has 7 nitrogen and oxygen atoms in total. The minimum Gasteiger partial charge on any atom is -0.494 e. The van der Waals surface area contributed by atoms with Crippen LogP contribution in [0.3, 0.4) is 0 Å². The number of thioether (sulfide) groups is 1. The van der Waals surface area contributed by atoms with Crippen molar-refractivity contribution in [2.75, 3.05) is 31.2 Å². The van der Waals surface area contributed by atoms with Gasteiger partial charge in [0.25, 0.3) is 5.91 Å². The first-order chi connectivity index (χ1) is 14.5. The van der Waals surface area contributed by atoms with Crippen LogP contribution in [-0.4, -0.2) is 64.4 Å². The molecular formula is C22H29N3O4S. The minimum absolute atomic E-state index is 0.0209. The third-order valence-electron chi connectivity index (χ3n) is 6.10. The Bertz CT molecular complexity index is 807. The normalized spacial score (nSPS) is 23.4. The van der Waals surface area contributed by atoms with Crippen molar-refractivity contribution >= 4 is 29.6 Å². The number of urea groups is 1. The molecule has 3 heterocycles. The zero-order valence-electron chi connectivity index (χ0n) is 17.4. The van der Waals surface area contributed by atoms with Gasteiger partial charge in [-0.05, 0) is 48.5 Å². The maximum absolute atomic E-state index is 13.0. The summed E-state index contributed by atoms with van der Waals surface area (Å²) in [5.41, 5.74) is 0.327. The molecule has 0 aromatic heterocycles. The van der Waals surface area contributed by atoms with E-state index in [2.05, 4.69) is 12.2 Å². The molecule has 1 spiro atoms. The van der Waals surface area contributed by atoms with Crippen LogP contribution >= 0.6 is 11.8 Å². The third-order valence-corrected chi connectivity index (χ3v) is 7.08. The van der Waals surface area contributed by atoms with Gasteiger partial charge in [-0.2, -0.15) is 11.8 Å². The van der Waals surface area contributed by atoms with Crippen LogP contribution in [-0.2, 0) is 16.1 Å². The third kappa shape index (κ3) is 4.29. The number of hydrogen-bond donors (Lipinski definition) is 1. The summed E-state index contributed by atoms with van der Waals surface area (Å²) >= 11 is 1.82. The molecule has 1 atom stereocenters. The van der Waals surface area contributed by atoms with E-state index in [4.69, 9.17) is 4.74 Å². The highest BCUT2D eigenvalue weighted by molar-refractivity contribution is 7.99. The molecule has 0 radical (unpaired) electrons. The molecule has 8 heteroatoms. The average molecular weight is 432 g/mol. The molecule has 4 rings (SSSR count). The van der Waals surface area contributed by atoms with Gasteiger partial charge in [0.15, 0.2) is 0 Å². The molecule has 162 valence electrons. The van der Waals surface area contributed by atoms with Gasteiger partial charge in [-0.1, -0.05) is 19.1 Å². The largest absolute Gasteiger partial charge is 0.494 e. The Morgan fingerprint density at radius 3 is 2.60 bits per heavy atom. The lowest BCUT2D eigenvalue weighted by molar-refractivity contribution is -0.132. The second-order valence-electron chi connectivity index (χ2n) is 8.38. The van der Waals surface area contributed by atoms with E-state index in [1.165, 1.54) is 4.90 Å². The summed E-state index contributed by atoms with van der Waals surface area (Å²) < 4.78 is 5.60. The van der Waals surface area contributed by atoms with E-state index in [-0.39, 0.29) is 23.8 Å². The van der Waals surface area contributed by atoms with Crippen molar-refractivity contribution in [1.82, 2.24) is 15.1 Å². The van der Waals surface area contributed by atoms with Crippen LogP contribution in [0.4, 0.5) is 4.79 Å². The number of benzene rings is 1. The zero-order valence-corrected chi connectivity index (χ0v) is 18.2. The van der Waals surface area contributed by atoms with Gasteiger partial charge in [-0.15, -0.1) is 0 Å². The summed E-state index contributed by atoms with van der Waals surface area (Å²) in [7, 11) is 0. The minimum atomic E-state index is -0.716. The summed E-state index contributed by atoms with van der Waals surface area (Å²) in [6.07, 6.45) is 2.71. The standard InChI is InChI=1S/C22H29N3O4S/c1-2-9-29-18-5-3-16(4-6-18)13-24-14-17(12-19(24)26)15-25-20(27)22(23-21(25)28)7-10-30-11-8-22/h3-6,17H,2,7-15H2,1H3,(H,23,28). The molecule has 3 fully saturated rings. The van der Waals surface area contributed by atoms with Gasteiger partial charge in [0, 0.05) is 32.0 Å². The van der Waals surface area contributed by atoms with Gasteiger partial charge in [0.2, 0.25) is 5.91 Å². The molecule has 1 unspecified atom stereocenters. The van der Waals surface area contributed by atoms with E-state index in [0.717, 1.165) is 29.2 Å². The number of likely N-dealkylation sites (tertiary alicyclic amines) is 1. The van der Waals surface area contributed by atoms with E-state index in [1.807, 2.05) is 40.9 Å². The van der Waals surface area contributed by atoms with Crippen LogP contribution < -0.4 is 10.1 Å². The lowest BCUT2D eigenvalue weighted by Crippen LogP contribution is -2.49. The Hall–Kier alpha value is -2.22. The molecule has 3 saturated heterocycles. The summed E-state index contributed by atoms with van der Waals surface area (Å²) in [5, 5.41) is 2.94. The van der Waals surface area contributed by atoms with Crippen LogP contribution in [0.15, 0.2) is 24.3 Å². The lowest BCUT2D eigenvalue weighted by atomic mass is 9.92. The highest BCUT2D eigenvalue weighted by Crippen LogP contribution is 2.33. The first-order valence-electron chi connectivity index (χ1n) is 10.7. The maximum Gasteiger partial charge on any atom is 0.325 e. The van der Waals surface area contributed by atoms with Crippen LogP contribution in [0.5, 0.6) is 5.75 Å². The Morgan fingerprint density at radius 2 is 1.90 bits per heavy atom. The number of carbonyl (C=O) groups excluding carboxylic acids is 3. The van der Waals surface area contributed by atoms with E-state index < -0.39 is 5.54 Å². The van der Waals surface area contributed by atoms with Crippen molar-refractivity contribution in [2.45, 2.75) is 44.7 Å². The van der Waals surface area contributed by atoms with Gasteiger partial charge in [0.05, 0.1) is 6.61 Å². The van der Waals surface area contributed by atoms with Crippen LogP contribution in [0.25, 0.3) is 0 Å². The van der Waals surface area contributed by atoms with Crippen molar-refractivity contribution in [3.05, 3.63) is 29.8 Å². The first kappa shape index (κ1) is 21.0. The van der Waals surface area contributed by atoms with Gasteiger partial charge >= 0.3 is 6.03 Å². The SMILES string of the molecule is CCCOc1ccc(CN2CC(CN3C(=O)NC4(CCSCC4)C3=O)CC2=O)cc1. The highest BCUT2D eigenvalue weighted by Gasteiger charge is 2.52. The molecule has 1 aromatic carbocycles. The predicted octanol–water partition coefficient (Wildman–Crippen LogP) is 2.64. The smallest absolute Gasteiger partial charge is 0.325 e. The number of carbonyl (C=O) groups is 3. The number of nitrogens with zero attached hydrogens (tertiary/aromatic N) is 2. The highest BCUT2D eigenvalue weighted by atomic mass is 32.2. The molecule has 1 aromatic rings. The first-order valence-corrected chi connectivity index (χ1v) is 11.9. The van der Waals surface area contributed by atoms with Gasteiger partial charge in [0.1, 0.15) is 11.3 Å². The number of imide groups is 1.